The van der Waals surface area contributed by atoms with E-state index >= 15 is 0 Å². The van der Waals surface area contributed by atoms with E-state index in [1.807, 2.05) is 0 Å². The number of fused-ring (bicyclic) bond motifs is 6. The first kappa shape index (κ1) is 27.7. The van der Waals surface area contributed by atoms with Crippen LogP contribution in [0.1, 0.15) is 18.9 Å². The van der Waals surface area contributed by atoms with Crippen LogP contribution in [0.3, 0.4) is 0 Å². The summed E-state index contributed by atoms with van der Waals surface area (Å²) in [7, 11) is -5.32. The molecule has 20 nitrogen and oxygen atoms in total. The van der Waals surface area contributed by atoms with Gasteiger partial charge in [0.1, 0.15) is 36.3 Å². The molecule has 0 amide bonds. The smallest absolute Gasteiger partial charge is 0.387 e. The van der Waals surface area contributed by atoms with Crippen molar-refractivity contribution >= 4 is 51.0 Å². The molecule has 7 N–H and O–H groups in total. The molecule has 42 heavy (non-hydrogen) atoms. The molecule has 4 aromatic rings. The summed E-state index contributed by atoms with van der Waals surface area (Å²) >= 11 is 0. The monoisotopic (exact) mass is 626 g/mol. The Hall–Kier alpha value is -3.16. The van der Waals surface area contributed by atoms with Crippen molar-refractivity contribution < 1.29 is 42.1 Å². The van der Waals surface area contributed by atoms with Gasteiger partial charge in [-0.3, -0.25) is 28.0 Å². The molecule has 4 aromatic heterocycles. The van der Waals surface area contributed by atoms with Crippen LogP contribution in [0.4, 0.5) is 11.8 Å². The molecule has 3 aliphatic heterocycles. The molecule has 0 aromatic carbocycles. The van der Waals surface area contributed by atoms with E-state index in [2.05, 4.69) is 29.9 Å². The number of aliphatic hydroxyl groups excluding tert-OH is 1. The molecular weight excluding hydrogens is 602 g/mol. The number of ether oxygens (including phenoxy) is 2. The summed E-state index contributed by atoms with van der Waals surface area (Å²) in [5, 5.41) is 11.0. The Balaban J connectivity index is 1.16. The lowest BCUT2D eigenvalue weighted by atomic mass is 10.1. The van der Waals surface area contributed by atoms with Crippen molar-refractivity contribution in [1.82, 2.24) is 39.0 Å². The third-order valence-corrected chi connectivity index (χ3v) is 8.69. The molecule has 2 unspecified atom stereocenters. The number of H-pyrrole nitrogens is 1. The van der Waals surface area contributed by atoms with Crippen molar-refractivity contribution in [3.8, 4) is 0 Å². The second-order valence-corrected chi connectivity index (χ2v) is 11.8. The fourth-order valence-electron chi connectivity index (χ4n) is 5.14. The number of aromatic nitrogens is 8. The van der Waals surface area contributed by atoms with Gasteiger partial charge in [-0.05, 0) is 0 Å². The van der Waals surface area contributed by atoms with E-state index in [4.69, 9.17) is 39.0 Å². The van der Waals surface area contributed by atoms with Gasteiger partial charge in [-0.1, -0.05) is 0 Å². The largest absolute Gasteiger partial charge is 0.472 e. The molecule has 224 valence electrons. The van der Waals surface area contributed by atoms with Crippen molar-refractivity contribution in [3.63, 3.8) is 0 Å². The van der Waals surface area contributed by atoms with Crippen LogP contribution < -0.4 is 17.0 Å². The molecule has 0 saturated carbocycles. The number of nitrogens with two attached hydrogens (primary N) is 2. The van der Waals surface area contributed by atoms with Crippen LogP contribution in [-0.4, -0.2) is 92.8 Å². The van der Waals surface area contributed by atoms with Crippen LogP contribution in [0, 0.1) is 0 Å². The molecule has 4 bridgehead atoms. The predicted molar refractivity (Wildman–Crippen MR) is 141 cm³/mol. The summed E-state index contributed by atoms with van der Waals surface area (Å²) in [6, 6.07) is 0. The minimum absolute atomic E-state index is 0.00832. The van der Waals surface area contributed by atoms with Gasteiger partial charge >= 0.3 is 7.82 Å². The van der Waals surface area contributed by atoms with E-state index in [0.29, 0.717) is 11.2 Å². The number of rotatable bonds is 2. The third kappa shape index (κ3) is 4.84. The van der Waals surface area contributed by atoms with E-state index in [0.717, 1.165) is 0 Å². The van der Waals surface area contributed by atoms with E-state index in [1.54, 1.807) is 0 Å². The Labute approximate surface area is 235 Å². The number of hydrogen-bond acceptors (Lipinski definition) is 16. The molecule has 3 aliphatic rings. The second kappa shape index (κ2) is 10.5. The van der Waals surface area contributed by atoms with Gasteiger partial charge in [-0.2, -0.15) is 4.98 Å². The van der Waals surface area contributed by atoms with Crippen LogP contribution in [0.25, 0.3) is 22.3 Å². The van der Waals surface area contributed by atoms with Gasteiger partial charge in [0, 0.05) is 6.42 Å². The molecule has 0 radical (unpaired) electrons. The first-order valence-corrected chi connectivity index (χ1v) is 14.8. The molecule has 3 saturated heterocycles. The summed E-state index contributed by atoms with van der Waals surface area (Å²) in [5.41, 5.74) is 11.8. The Morgan fingerprint density at radius 1 is 1.02 bits per heavy atom. The molecule has 0 spiro atoms. The highest BCUT2D eigenvalue weighted by molar-refractivity contribution is 7.47. The maximum absolute atomic E-state index is 13.1. The van der Waals surface area contributed by atoms with Gasteiger partial charge in [0.05, 0.1) is 32.0 Å². The first-order chi connectivity index (χ1) is 20.2. The zero-order chi connectivity index (χ0) is 29.2. The highest BCUT2D eigenvalue weighted by atomic mass is 31.2. The number of hydrogen-bond donors (Lipinski definition) is 5. The fraction of sp³-hybridized carbons (Fsp3) is 0.500. The average Bonchev–Trinajstić information content (AvgIpc) is 3.70. The van der Waals surface area contributed by atoms with Gasteiger partial charge in [0.15, 0.2) is 44.1 Å². The number of nitrogens with zero attached hydrogens (tertiary/aromatic N) is 7. The molecule has 0 aliphatic carbocycles. The number of imidazole rings is 2. The number of anilines is 2. The van der Waals surface area contributed by atoms with Gasteiger partial charge in [0.25, 0.3) is 5.56 Å². The summed E-state index contributed by atoms with van der Waals surface area (Å²) in [6.45, 7) is -0.550. The van der Waals surface area contributed by atoms with Crippen molar-refractivity contribution in [1.29, 1.82) is 0 Å². The van der Waals surface area contributed by atoms with Crippen LogP contribution in [0.15, 0.2) is 23.8 Å². The molecule has 7 heterocycles. The third-order valence-electron chi connectivity index (χ3n) is 7.03. The molecular formula is C20H24N10O10P2. The quantitative estimate of drug-likeness (QED) is 0.169. The van der Waals surface area contributed by atoms with Gasteiger partial charge < -0.3 is 40.0 Å². The first-order valence-electron chi connectivity index (χ1n) is 12.5. The predicted octanol–water partition coefficient (Wildman–Crippen LogP) is -0.904. The highest BCUT2D eigenvalue weighted by Gasteiger charge is 2.49. The van der Waals surface area contributed by atoms with Crippen molar-refractivity contribution in [2.24, 2.45) is 0 Å². The van der Waals surface area contributed by atoms with E-state index in [-0.39, 0.29) is 36.0 Å². The van der Waals surface area contributed by atoms with E-state index in [1.165, 1.54) is 28.1 Å². The maximum atomic E-state index is 13.1. The summed E-state index contributed by atoms with van der Waals surface area (Å²) in [4.78, 5) is 45.8. The van der Waals surface area contributed by atoms with Gasteiger partial charge in [0.2, 0.25) is 5.95 Å². The minimum Gasteiger partial charge on any atom is -0.387 e. The Bertz CT molecular complexity index is 1750. The van der Waals surface area contributed by atoms with Crippen molar-refractivity contribution in [2.75, 3.05) is 24.7 Å². The van der Waals surface area contributed by atoms with Gasteiger partial charge in [-0.15, -0.1) is 0 Å². The van der Waals surface area contributed by atoms with Crippen LogP contribution in [-0.2, 0) is 32.1 Å². The van der Waals surface area contributed by atoms with Crippen molar-refractivity contribution in [2.45, 2.75) is 49.4 Å². The topological polar surface area (TPSA) is 272 Å². The molecule has 9 atom stereocenters. The van der Waals surface area contributed by atoms with Gasteiger partial charge in [-0.25, -0.2) is 24.5 Å². The number of aliphatic hydroxyl groups is 1. The highest BCUT2D eigenvalue weighted by Crippen LogP contribution is 2.50. The lowest BCUT2D eigenvalue weighted by Gasteiger charge is -2.23. The maximum Gasteiger partial charge on any atom is 0.472 e. The Morgan fingerprint density at radius 3 is 2.64 bits per heavy atom. The molecule has 7 rings (SSSR count). The zero-order valence-corrected chi connectivity index (χ0v) is 23.2. The zero-order valence-electron chi connectivity index (χ0n) is 21.3. The summed E-state index contributed by atoms with van der Waals surface area (Å²) < 4.78 is 50.5. The number of nitrogen functional groups attached to an aromatic ring is 2. The normalized spacial score (nSPS) is 34.8. The van der Waals surface area contributed by atoms with Crippen LogP contribution in [0.2, 0.25) is 0 Å². The number of nitrogens with one attached hydrogen (secondary N) is 1. The lowest BCUT2D eigenvalue weighted by Crippen LogP contribution is -2.34. The van der Waals surface area contributed by atoms with Crippen LogP contribution in [0.5, 0.6) is 0 Å². The average molecular weight is 626 g/mol. The SMILES string of the molecule is Nc1nc2c(ncn2[C@@H]2O[C@@H]3COP(=O)(O)O[C@@H]4C[C@@H](COPO[C@@H]2[C@@H]3O)O[C@H]4n2cnc3c(N)ncnc32)c(=O)[nH]1. The number of aromatic amines is 1. The van der Waals surface area contributed by atoms with Crippen LogP contribution >= 0.6 is 16.9 Å². The van der Waals surface area contributed by atoms with E-state index < -0.39 is 72.0 Å². The number of phosphoric ester groups is 1. The van der Waals surface area contributed by atoms with Crippen molar-refractivity contribution in [3.05, 3.63) is 29.3 Å². The lowest BCUT2D eigenvalue weighted by molar-refractivity contribution is -0.0623. The molecule has 22 heteroatoms. The number of phosphoric acid groups is 1. The summed E-state index contributed by atoms with van der Waals surface area (Å²) in [5.74, 6) is 0.00346. The standard InChI is InChI=1S/C20H24N10O10P2/c21-14-10-15(24-4-23-14)29(5-25-10)18-8-1-7(37-18)2-35-41-39-13-12(31)9(3-36-42(33,34)40-8)38-19(13)30-6-26-11-16(30)27-20(22)28-17(11)32/h4-9,12-13,18-19,31,41H,1-3H2,(H,33,34)(H2,21,23,24)(H3,22,27,28,32)/t7-,8+,9+,12+,13+,18+,19+/m0/s1. The minimum atomic E-state index is -4.74. The van der Waals surface area contributed by atoms with E-state index in [9.17, 15) is 19.4 Å². The Morgan fingerprint density at radius 2 is 1.81 bits per heavy atom. The summed E-state index contributed by atoms with van der Waals surface area (Å²) in [6.07, 6.45) is -3.06. The second-order valence-electron chi connectivity index (χ2n) is 9.68. The Kier molecular flexibility index (Phi) is 6.93. The fourth-order valence-corrected chi connectivity index (χ4v) is 6.76. The molecule has 3 fully saturated rings.